The molecule has 0 bridgehead atoms. The lowest BCUT2D eigenvalue weighted by molar-refractivity contribution is 0.273. The van der Waals surface area contributed by atoms with Crippen LogP contribution in [-0.4, -0.2) is 75.2 Å². The molecule has 136 valence electrons. The molecule has 2 N–H and O–H groups in total. The number of nitrogens with zero attached hydrogens (tertiary/aromatic N) is 3. The molecule has 0 unspecified atom stereocenters. The summed E-state index contributed by atoms with van der Waals surface area (Å²) < 4.78 is 0. The molecule has 0 amide bonds. The van der Waals surface area contributed by atoms with Gasteiger partial charge in [0.2, 0.25) is 0 Å². The van der Waals surface area contributed by atoms with Gasteiger partial charge in [0, 0.05) is 32.7 Å². The number of nitrogens with one attached hydrogen (secondary N) is 2. The van der Waals surface area contributed by atoms with Gasteiger partial charge < -0.3 is 20.4 Å². The normalized spacial score (nSPS) is 22.3. The van der Waals surface area contributed by atoms with Crippen molar-refractivity contribution in [2.75, 3.05) is 53.4 Å². The van der Waals surface area contributed by atoms with E-state index < -0.39 is 0 Å². The maximum atomic E-state index is 4.37. The van der Waals surface area contributed by atoms with Crippen molar-refractivity contribution in [1.29, 1.82) is 0 Å². The summed E-state index contributed by atoms with van der Waals surface area (Å²) in [5.74, 6) is 0.988. The highest BCUT2D eigenvalue weighted by Gasteiger charge is 2.14. The molecule has 1 aliphatic carbocycles. The molecule has 2 rings (SSSR count). The van der Waals surface area contributed by atoms with Crippen LogP contribution in [0.5, 0.6) is 0 Å². The molecule has 6 heteroatoms. The van der Waals surface area contributed by atoms with Crippen molar-refractivity contribution in [1.82, 2.24) is 20.4 Å². The number of likely N-dealkylation sites (N-methyl/N-ethyl adjacent to an activating group) is 1. The van der Waals surface area contributed by atoms with Gasteiger partial charge in [0.15, 0.2) is 5.96 Å². The highest BCUT2D eigenvalue weighted by atomic mass is 127. The van der Waals surface area contributed by atoms with Crippen molar-refractivity contribution in [2.45, 2.75) is 51.0 Å². The smallest absolute Gasteiger partial charge is 0.191 e. The van der Waals surface area contributed by atoms with Crippen LogP contribution in [-0.2, 0) is 0 Å². The molecule has 1 saturated carbocycles. The third kappa shape index (κ3) is 8.54. The lowest BCUT2D eigenvalue weighted by Crippen LogP contribution is -2.44. The van der Waals surface area contributed by atoms with Crippen LogP contribution >= 0.6 is 24.0 Å². The van der Waals surface area contributed by atoms with Gasteiger partial charge in [-0.1, -0.05) is 19.3 Å². The highest BCUT2D eigenvalue weighted by molar-refractivity contribution is 14.0. The summed E-state index contributed by atoms with van der Waals surface area (Å²) in [7, 11) is 4.11. The van der Waals surface area contributed by atoms with E-state index in [2.05, 4.69) is 32.5 Å². The number of hydrogen-bond acceptors (Lipinski definition) is 3. The molecule has 0 radical (unpaired) electrons. The lowest BCUT2D eigenvalue weighted by atomic mass is 9.96. The van der Waals surface area contributed by atoms with Crippen LogP contribution in [0.25, 0.3) is 0 Å². The van der Waals surface area contributed by atoms with Gasteiger partial charge in [0.25, 0.3) is 0 Å². The zero-order valence-electron chi connectivity index (χ0n) is 15.0. The zero-order valence-corrected chi connectivity index (χ0v) is 17.3. The average molecular weight is 437 g/mol. The molecule has 1 heterocycles. The maximum Gasteiger partial charge on any atom is 0.191 e. The average Bonchev–Trinajstić information content (AvgIpc) is 2.76. The lowest BCUT2D eigenvalue weighted by Gasteiger charge is -2.25. The number of halogens is 1. The fourth-order valence-electron chi connectivity index (χ4n) is 3.47. The Balaban J connectivity index is 0.00000264. The van der Waals surface area contributed by atoms with Crippen molar-refractivity contribution in [2.24, 2.45) is 4.99 Å². The molecule has 0 aromatic rings. The number of aliphatic imine (C=N–C) groups is 1. The Morgan fingerprint density at radius 3 is 2.57 bits per heavy atom. The summed E-state index contributed by atoms with van der Waals surface area (Å²) in [5.41, 5.74) is 0. The monoisotopic (exact) mass is 437 g/mol. The van der Waals surface area contributed by atoms with Crippen LogP contribution in [0.3, 0.4) is 0 Å². The second-order valence-electron chi connectivity index (χ2n) is 6.83. The van der Waals surface area contributed by atoms with Crippen LogP contribution < -0.4 is 10.6 Å². The highest BCUT2D eigenvalue weighted by Crippen LogP contribution is 2.17. The molecule has 1 saturated heterocycles. The van der Waals surface area contributed by atoms with Crippen molar-refractivity contribution in [3.8, 4) is 0 Å². The third-order valence-electron chi connectivity index (χ3n) is 4.93. The quantitative estimate of drug-likeness (QED) is 0.299. The Labute approximate surface area is 159 Å². The summed E-state index contributed by atoms with van der Waals surface area (Å²) in [6, 6.07) is 0.626. The van der Waals surface area contributed by atoms with E-state index in [4.69, 9.17) is 0 Å². The molecular formula is C17H36IN5. The first kappa shape index (κ1) is 21.0. The van der Waals surface area contributed by atoms with Gasteiger partial charge >= 0.3 is 0 Å². The third-order valence-corrected chi connectivity index (χ3v) is 4.93. The van der Waals surface area contributed by atoms with E-state index in [0.717, 1.165) is 12.5 Å². The van der Waals surface area contributed by atoms with E-state index in [9.17, 15) is 0 Å². The fraction of sp³-hybridized carbons (Fsp3) is 0.941. The first-order valence-corrected chi connectivity index (χ1v) is 9.16. The Bertz CT molecular complexity index is 331. The first-order valence-electron chi connectivity index (χ1n) is 9.16. The summed E-state index contributed by atoms with van der Waals surface area (Å²) in [4.78, 5) is 9.40. The minimum absolute atomic E-state index is 0. The van der Waals surface area contributed by atoms with E-state index in [1.165, 1.54) is 77.7 Å². The molecule has 23 heavy (non-hydrogen) atoms. The van der Waals surface area contributed by atoms with Gasteiger partial charge in [0.05, 0.1) is 0 Å². The Kier molecular flexibility index (Phi) is 11.2. The van der Waals surface area contributed by atoms with Crippen molar-refractivity contribution in [3.05, 3.63) is 0 Å². The van der Waals surface area contributed by atoms with E-state index in [-0.39, 0.29) is 24.0 Å². The molecule has 2 aliphatic rings. The van der Waals surface area contributed by atoms with Crippen LogP contribution in [0.4, 0.5) is 0 Å². The zero-order chi connectivity index (χ0) is 15.6. The van der Waals surface area contributed by atoms with Gasteiger partial charge in [0.1, 0.15) is 0 Å². The van der Waals surface area contributed by atoms with E-state index in [1.807, 2.05) is 7.05 Å². The van der Waals surface area contributed by atoms with E-state index in [0.29, 0.717) is 6.04 Å². The molecule has 0 atom stereocenters. The van der Waals surface area contributed by atoms with Gasteiger partial charge in [-0.3, -0.25) is 4.99 Å². The number of rotatable bonds is 5. The molecule has 2 fully saturated rings. The Morgan fingerprint density at radius 2 is 1.83 bits per heavy atom. The molecule has 0 spiro atoms. The molecular weight excluding hydrogens is 401 g/mol. The summed E-state index contributed by atoms with van der Waals surface area (Å²) in [5, 5.41) is 7.06. The summed E-state index contributed by atoms with van der Waals surface area (Å²) in [6.45, 7) is 7.12. The second kappa shape index (κ2) is 12.3. The number of guanidine groups is 1. The van der Waals surface area contributed by atoms with Crippen molar-refractivity contribution in [3.63, 3.8) is 0 Å². The SMILES string of the molecule is CN=C(NCCCN1CCCN(C)CC1)NC1CCCCC1.I. The molecule has 0 aromatic carbocycles. The summed E-state index contributed by atoms with van der Waals surface area (Å²) in [6.07, 6.45) is 9.19. The van der Waals surface area contributed by atoms with E-state index in [1.54, 1.807) is 0 Å². The predicted molar refractivity (Wildman–Crippen MR) is 110 cm³/mol. The standard InChI is InChI=1S/C17H35N5.HI/c1-18-17(20-16-8-4-3-5-9-16)19-10-6-12-22-13-7-11-21(2)14-15-22;/h16H,3-15H2,1-2H3,(H2,18,19,20);1H. The van der Waals surface area contributed by atoms with Gasteiger partial charge in [-0.25, -0.2) is 0 Å². The maximum absolute atomic E-state index is 4.37. The predicted octanol–water partition coefficient (Wildman–Crippen LogP) is 2.13. The van der Waals surface area contributed by atoms with Crippen LogP contribution in [0.1, 0.15) is 44.9 Å². The van der Waals surface area contributed by atoms with Crippen molar-refractivity contribution < 1.29 is 0 Å². The molecule has 5 nitrogen and oxygen atoms in total. The van der Waals surface area contributed by atoms with Crippen LogP contribution in [0.15, 0.2) is 4.99 Å². The first-order chi connectivity index (χ1) is 10.8. The molecule has 1 aliphatic heterocycles. The summed E-state index contributed by atoms with van der Waals surface area (Å²) >= 11 is 0. The Hall–Kier alpha value is -0.0800. The van der Waals surface area contributed by atoms with Gasteiger partial charge in [-0.05, 0) is 52.4 Å². The van der Waals surface area contributed by atoms with Crippen molar-refractivity contribution >= 4 is 29.9 Å². The Morgan fingerprint density at radius 1 is 1.04 bits per heavy atom. The van der Waals surface area contributed by atoms with E-state index >= 15 is 0 Å². The second-order valence-corrected chi connectivity index (χ2v) is 6.83. The topological polar surface area (TPSA) is 42.9 Å². The van der Waals surface area contributed by atoms with Gasteiger partial charge in [-0.15, -0.1) is 24.0 Å². The molecule has 0 aromatic heterocycles. The number of hydrogen-bond donors (Lipinski definition) is 2. The largest absolute Gasteiger partial charge is 0.356 e. The fourth-order valence-corrected chi connectivity index (χ4v) is 3.47. The van der Waals surface area contributed by atoms with Gasteiger partial charge in [-0.2, -0.15) is 0 Å². The minimum atomic E-state index is 0. The van der Waals surface area contributed by atoms with Crippen LogP contribution in [0.2, 0.25) is 0 Å². The van der Waals surface area contributed by atoms with Crippen LogP contribution in [0, 0.1) is 0 Å². The minimum Gasteiger partial charge on any atom is -0.356 e.